The second-order valence-electron chi connectivity index (χ2n) is 20.8. The molecule has 0 unspecified atom stereocenters. The lowest BCUT2D eigenvalue weighted by atomic mass is 9.66. The average Bonchev–Trinajstić information content (AvgIpc) is 3.91. The highest BCUT2D eigenvalue weighted by molar-refractivity contribution is 7.99. The lowest BCUT2D eigenvalue weighted by molar-refractivity contribution is 0.585. The van der Waals surface area contributed by atoms with E-state index < -0.39 is 10.8 Å². The Kier molecular flexibility index (Phi) is 8.27. The van der Waals surface area contributed by atoms with Gasteiger partial charge in [-0.2, -0.15) is 0 Å². The number of fused-ring (bicyclic) bond motifs is 19. The van der Waals surface area contributed by atoms with Crippen LogP contribution in [0.15, 0.2) is 210 Å². The molecule has 3 aliphatic carbocycles. The Morgan fingerprint density at radius 1 is 0.303 bits per heavy atom. The first-order valence-electron chi connectivity index (χ1n) is 23.5. The molecule has 0 bridgehead atoms. The lowest BCUT2D eigenvalue weighted by Crippen LogP contribution is -2.33. The van der Waals surface area contributed by atoms with Gasteiger partial charge in [0.05, 0.1) is 10.8 Å². The normalized spacial score (nSPS) is 15.0. The summed E-state index contributed by atoms with van der Waals surface area (Å²) in [5.41, 5.74) is 23.9. The summed E-state index contributed by atoms with van der Waals surface area (Å²) in [5.74, 6) is 0. The molecule has 2 heteroatoms. The number of anilines is 3. The first-order valence-corrected chi connectivity index (χ1v) is 24.3. The second-order valence-corrected chi connectivity index (χ2v) is 21.9. The monoisotopic (exact) mass is 865 g/mol. The van der Waals surface area contributed by atoms with Gasteiger partial charge in [-0.3, -0.25) is 0 Å². The molecule has 0 saturated heterocycles. The number of hydrogen-bond donors (Lipinski definition) is 0. The van der Waals surface area contributed by atoms with Crippen molar-refractivity contribution >= 4 is 28.8 Å². The minimum Gasteiger partial charge on any atom is -0.310 e. The van der Waals surface area contributed by atoms with Crippen LogP contribution in [0.5, 0.6) is 0 Å². The van der Waals surface area contributed by atoms with E-state index in [4.69, 9.17) is 0 Å². The van der Waals surface area contributed by atoms with Crippen LogP contribution >= 0.6 is 11.8 Å². The molecule has 2 spiro atoms. The van der Waals surface area contributed by atoms with E-state index in [-0.39, 0.29) is 10.8 Å². The molecule has 66 heavy (non-hydrogen) atoms. The van der Waals surface area contributed by atoms with E-state index in [0.29, 0.717) is 0 Å². The largest absolute Gasteiger partial charge is 0.310 e. The lowest BCUT2D eigenvalue weighted by Gasteiger charge is -2.41. The van der Waals surface area contributed by atoms with Crippen molar-refractivity contribution in [2.24, 2.45) is 0 Å². The van der Waals surface area contributed by atoms with Crippen LogP contribution in [0.3, 0.4) is 0 Å². The van der Waals surface area contributed by atoms with Crippen LogP contribution in [-0.2, 0) is 21.7 Å². The minimum atomic E-state index is -0.538. The van der Waals surface area contributed by atoms with E-state index in [1.54, 1.807) is 0 Å². The van der Waals surface area contributed by atoms with Crippen molar-refractivity contribution in [3.05, 3.63) is 256 Å². The van der Waals surface area contributed by atoms with Gasteiger partial charge in [0.15, 0.2) is 0 Å². The maximum Gasteiger partial charge on any atom is 0.0736 e. The smallest absolute Gasteiger partial charge is 0.0736 e. The van der Waals surface area contributed by atoms with Crippen molar-refractivity contribution in [2.45, 2.75) is 73.0 Å². The maximum absolute atomic E-state index is 2.55. The summed E-state index contributed by atoms with van der Waals surface area (Å²) in [6.45, 7) is 14.1. The fourth-order valence-electron chi connectivity index (χ4n) is 12.3. The maximum atomic E-state index is 2.55. The molecule has 1 nitrogen and oxygen atoms in total. The summed E-state index contributed by atoms with van der Waals surface area (Å²) >= 11 is 1.91. The molecule has 0 aromatic heterocycles. The molecule has 0 radical (unpaired) electrons. The molecule has 9 aromatic rings. The van der Waals surface area contributed by atoms with Gasteiger partial charge in [0.1, 0.15) is 0 Å². The number of hydrogen-bond acceptors (Lipinski definition) is 2. The minimum absolute atomic E-state index is 0.0236. The Morgan fingerprint density at radius 2 is 0.682 bits per heavy atom. The molecule has 1 heterocycles. The zero-order chi connectivity index (χ0) is 44.7. The molecular weight excluding hydrogens is 815 g/mol. The standard InChI is InChI=1S/C64H51NS/c1-61(2,3)40-28-32-48-49-33-29-41(62(4,5)6)37-56(49)64(55(48)36-40)54-26-16-17-27-59(54)66-60-35-31-44(39-58(60)64)65(42-18-8-7-9-19-42)43-30-34-50-47-22-12-15-25-53(47)63(57(50)38-43)51-23-13-10-20-45(51)46-21-11-14-24-52(46)63/h7-39H,1-6H3. The summed E-state index contributed by atoms with van der Waals surface area (Å²) < 4.78 is 0. The van der Waals surface area contributed by atoms with Gasteiger partial charge < -0.3 is 4.90 Å². The van der Waals surface area contributed by atoms with Crippen molar-refractivity contribution in [3.8, 4) is 33.4 Å². The van der Waals surface area contributed by atoms with Crippen molar-refractivity contribution in [1.29, 1.82) is 0 Å². The van der Waals surface area contributed by atoms with E-state index in [1.165, 1.54) is 98.8 Å². The molecule has 318 valence electrons. The molecule has 0 saturated carbocycles. The summed E-state index contributed by atoms with van der Waals surface area (Å²) in [4.78, 5) is 5.13. The molecule has 0 amide bonds. The van der Waals surface area contributed by atoms with Gasteiger partial charge >= 0.3 is 0 Å². The van der Waals surface area contributed by atoms with Gasteiger partial charge in [-0.25, -0.2) is 0 Å². The number of nitrogens with zero attached hydrogens (tertiary/aromatic N) is 1. The quantitative estimate of drug-likeness (QED) is 0.174. The molecular formula is C64H51NS. The second kappa shape index (κ2) is 13.8. The summed E-state index contributed by atoms with van der Waals surface area (Å²) in [7, 11) is 0. The van der Waals surface area contributed by atoms with Crippen LogP contribution in [0.4, 0.5) is 17.1 Å². The molecule has 0 N–H and O–H groups in total. The first kappa shape index (κ1) is 39.5. The predicted octanol–water partition coefficient (Wildman–Crippen LogP) is 16.9. The van der Waals surface area contributed by atoms with Crippen LogP contribution in [0, 0.1) is 0 Å². The Bertz CT molecular complexity index is 3360. The van der Waals surface area contributed by atoms with Gasteiger partial charge in [0.25, 0.3) is 0 Å². The summed E-state index contributed by atoms with van der Waals surface area (Å²) in [6, 6.07) is 76.8. The van der Waals surface area contributed by atoms with Gasteiger partial charge in [0.2, 0.25) is 0 Å². The zero-order valence-electron chi connectivity index (χ0n) is 38.4. The predicted molar refractivity (Wildman–Crippen MR) is 276 cm³/mol. The van der Waals surface area contributed by atoms with Gasteiger partial charge in [-0.15, -0.1) is 0 Å². The van der Waals surface area contributed by atoms with Gasteiger partial charge in [-0.05, 0) is 148 Å². The van der Waals surface area contributed by atoms with Crippen LogP contribution in [0.2, 0.25) is 0 Å². The molecule has 9 aromatic carbocycles. The van der Waals surface area contributed by atoms with Crippen molar-refractivity contribution in [2.75, 3.05) is 4.90 Å². The number of rotatable bonds is 3. The van der Waals surface area contributed by atoms with E-state index in [2.05, 4.69) is 247 Å². The first-order chi connectivity index (χ1) is 32.0. The van der Waals surface area contributed by atoms with E-state index in [9.17, 15) is 0 Å². The van der Waals surface area contributed by atoms with Crippen molar-refractivity contribution in [3.63, 3.8) is 0 Å². The zero-order valence-corrected chi connectivity index (χ0v) is 39.2. The van der Waals surface area contributed by atoms with Crippen molar-refractivity contribution in [1.82, 2.24) is 0 Å². The van der Waals surface area contributed by atoms with Crippen LogP contribution in [0.1, 0.15) is 97.2 Å². The van der Waals surface area contributed by atoms with E-state index in [0.717, 1.165) is 17.1 Å². The Hall–Kier alpha value is -6.87. The van der Waals surface area contributed by atoms with Crippen LogP contribution in [0.25, 0.3) is 33.4 Å². The van der Waals surface area contributed by atoms with E-state index in [1.807, 2.05) is 11.8 Å². The molecule has 13 rings (SSSR count). The topological polar surface area (TPSA) is 3.24 Å². The third kappa shape index (κ3) is 5.25. The Balaban J connectivity index is 1.09. The molecule has 0 fully saturated rings. The summed E-state index contributed by atoms with van der Waals surface area (Å²) in [5, 5.41) is 0. The van der Waals surface area contributed by atoms with Gasteiger partial charge in [0, 0.05) is 26.9 Å². The SMILES string of the molecule is CC(C)(C)c1ccc2c(c1)C1(c3ccccc3Sc3ccc(N(c4ccccc4)c4ccc5c(c4)C4(c6ccccc6-c6ccccc64)c4ccccc4-5)cc31)c1cc(C(C)(C)C)ccc1-2. The molecule has 0 atom stereocenters. The third-order valence-corrected chi connectivity index (χ3v) is 16.4. The molecule has 4 aliphatic rings. The highest BCUT2D eigenvalue weighted by Gasteiger charge is 2.53. The summed E-state index contributed by atoms with van der Waals surface area (Å²) in [6.07, 6.45) is 0. The molecule has 1 aliphatic heterocycles. The Labute approximate surface area is 393 Å². The Morgan fingerprint density at radius 3 is 1.21 bits per heavy atom. The fourth-order valence-corrected chi connectivity index (χ4v) is 13.4. The fraction of sp³-hybridized carbons (Fsp3) is 0.156. The van der Waals surface area contributed by atoms with E-state index >= 15 is 0 Å². The van der Waals surface area contributed by atoms with Gasteiger partial charge in [-0.1, -0.05) is 205 Å². The average molecular weight is 866 g/mol. The van der Waals surface area contributed by atoms with Crippen LogP contribution < -0.4 is 4.90 Å². The number of benzene rings is 9. The van der Waals surface area contributed by atoms with Crippen LogP contribution in [-0.4, -0.2) is 0 Å². The highest BCUT2D eigenvalue weighted by atomic mass is 32.2. The third-order valence-electron chi connectivity index (χ3n) is 15.3. The van der Waals surface area contributed by atoms with Crippen molar-refractivity contribution < 1.29 is 0 Å². The highest BCUT2D eigenvalue weighted by Crippen LogP contribution is 2.65. The number of para-hydroxylation sites is 1.